The van der Waals surface area contributed by atoms with Gasteiger partial charge in [0.25, 0.3) is 0 Å². The molecule has 0 bridgehead atoms. The summed E-state index contributed by atoms with van der Waals surface area (Å²) in [6.07, 6.45) is 5.61. The first-order valence-corrected chi connectivity index (χ1v) is 9.89. The fourth-order valence-corrected chi connectivity index (χ4v) is 3.72. The number of carboxylic acid groups (broad SMARTS) is 1. The number of aliphatic carboxylic acids is 1. The first-order valence-electron chi connectivity index (χ1n) is 9.89. The summed E-state index contributed by atoms with van der Waals surface area (Å²) in [7, 11) is 0. The van der Waals surface area contributed by atoms with Crippen molar-refractivity contribution in [1.82, 2.24) is 19.7 Å². The molecule has 3 aromatic rings. The van der Waals surface area contributed by atoms with Crippen LogP contribution in [-0.4, -0.2) is 50.0 Å². The molecule has 2 aromatic heterocycles. The van der Waals surface area contributed by atoms with Crippen LogP contribution in [0.2, 0.25) is 0 Å². The molecule has 1 aliphatic rings. The van der Waals surface area contributed by atoms with Crippen molar-refractivity contribution in [2.75, 3.05) is 18.0 Å². The fourth-order valence-electron chi connectivity index (χ4n) is 3.72. The van der Waals surface area contributed by atoms with Crippen LogP contribution in [0.3, 0.4) is 0 Å². The van der Waals surface area contributed by atoms with Crippen molar-refractivity contribution < 1.29 is 14.6 Å². The molecule has 8 heteroatoms. The number of carbonyl (C=O) groups is 1. The number of piperidine rings is 1. The van der Waals surface area contributed by atoms with Crippen molar-refractivity contribution in [1.29, 1.82) is 0 Å². The van der Waals surface area contributed by atoms with Gasteiger partial charge >= 0.3 is 5.97 Å². The third-order valence-electron chi connectivity index (χ3n) is 5.25. The second-order valence-electron chi connectivity index (χ2n) is 7.46. The molecule has 0 atom stereocenters. The van der Waals surface area contributed by atoms with Gasteiger partial charge in [-0.05, 0) is 32.0 Å². The molecule has 0 aliphatic carbocycles. The molecule has 1 saturated heterocycles. The van der Waals surface area contributed by atoms with E-state index in [1.807, 2.05) is 32.0 Å². The number of hydrogen-bond donors (Lipinski definition) is 1. The SMILES string of the molecule is Cc1cnc(C)c(N2CCC(Oc3ccc4c(cnn4CCC(=O)O)c3)CC2)n1. The van der Waals surface area contributed by atoms with Crippen molar-refractivity contribution in [2.45, 2.75) is 45.8 Å². The largest absolute Gasteiger partial charge is 0.490 e. The summed E-state index contributed by atoms with van der Waals surface area (Å²) in [6, 6.07) is 5.85. The van der Waals surface area contributed by atoms with E-state index in [2.05, 4.69) is 20.0 Å². The van der Waals surface area contributed by atoms with Crippen LogP contribution in [0.25, 0.3) is 10.9 Å². The Labute approximate surface area is 169 Å². The lowest BCUT2D eigenvalue weighted by Crippen LogP contribution is -2.39. The first-order chi connectivity index (χ1) is 14.0. The number of anilines is 1. The van der Waals surface area contributed by atoms with Gasteiger partial charge in [0.2, 0.25) is 0 Å². The monoisotopic (exact) mass is 395 g/mol. The molecule has 1 fully saturated rings. The molecule has 8 nitrogen and oxygen atoms in total. The van der Waals surface area contributed by atoms with E-state index >= 15 is 0 Å². The molecule has 1 aliphatic heterocycles. The molecule has 4 rings (SSSR count). The Kier molecular flexibility index (Phi) is 5.33. The Balaban J connectivity index is 1.38. The normalized spacial score (nSPS) is 15.0. The lowest BCUT2D eigenvalue weighted by molar-refractivity contribution is -0.137. The van der Waals surface area contributed by atoms with E-state index in [0.717, 1.165) is 59.8 Å². The number of carboxylic acids is 1. The molecule has 1 N–H and O–H groups in total. The van der Waals surface area contributed by atoms with Crippen molar-refractivity contribution >= 4 is 22.7 Å². The predicted octanol–water partition coefficient (Wildman–Crippen LogP) is 2.97. The van der Waals surface area contributed by atoms with Crippen LogP contribution in [0.5, 0.6) is 5.75 Å². The third-order valence-corrected chi connectivity index (χ3v) is 5.25. The molecule has 3 heterocycles. The van der Waals surface area contributed by atoms with Gasteiger partial charge < -0.3 is 14.7 Å². The van der Waals surface area contributed by atoms with Crippen LogP contribution in [0.4, 0.5) is 5.82 Å². The highest BCUT2D eigenvalue weighted by atomic mass is 16.5. The van der Waals surface area contributed by atoms with Crippen molar-refractivity contribution in [3.63, 3.8) is 0 Å². The zero-order valence-electron chi connectivity index (χ0n) is 16.7. The average molecular weight is 395 g/mol. The summed E-state index contributed by atoms with van der Waals surface area (Å²) < 4.78 is 7.93. The molecule has 152 valence electrons. The van der Waals surface area contributed by atoms with Crippen LogP contribution in [0, 0.1) is 13.8 Å². The molecular formula is C21H25N5O3. The Bertz CT molecular complexity index is 1020. The Morgan fingerprint density at radius 3 is 2.79 bits per heavy atom. The van der Waals surface area contributed by atoms with Crippen LogP contribution in [0.1, 0.15) is 30.7 Å². The zero-order valence-corrected chi connectivity index (χ0v) is 16.7. The number of hydrogen-bond acceptors (Lipinski definition) is 6. The van der Waals surface area contributed by atoms with Crippen molar-refractivity contribution in [3.05, 3.63) is 42.0 Å². The fraction of sp³-hybridized carbons (Fsp3) is 0.429. The first kappa shape index (κ1) is 19.2. The molecule has 0 unspecified atom stereocenters. The van der Waals surface area contributed by atoms with Crippen LogP contribution >= 0.6 is 0 Å². The van der Waals surface area contributed by atoms with Gasteiger partial charge in [0.1, 0.15) is 17.7 Å². The van der Waals surface area contributed by atoms with Crippen LogP contribution in [-0.2, 0) is 11.3 Å². The number of aryl methyl sites for hydroxylation is 3. The van der Waals surface area contributed by atoms with Gasteiger partial charge in [-0.1, -0.05) is 0 Å². The van der Waals surface area contributed by atoms with Crippen molar-refractivity contribution in [3.8, 4) is 5.75 Å². The highest BCUT2D eigenvalue weighted by Crippen LogP contribution is 2.26. The van der Waals surface area contributed by atoms with E-state index < -0.39 is 5.97 Å². The minimum Gasteiger partial charge on any atom is -0.490 e. The van der Waals surface area contributed by atoms with E-state index in [1.165, 1.54) is 0 Å². The standard InChI is InChI=1S/C21H25N5O3/c1-14-12-22-15(2)21(24-14)25-8-5-17(6-9-25)29-18-3-4-19-16(11-18)13-23-26(19)10-7-20(27)28/h3-4,11-13,17H,5-10H2,1-2H3,(H,27,28). The topological polar surface area (TPSA) is 93.4 Å². The number of benzene rings is 1. The third kappa shape index (κ3) is 4.31. The highest BCUT2D eigenvalue weighted by molar-refractivity contribution is 5.80. The van der Waals surface area contributed by atoms with Crippen LogP contribution < -0.4 is 9.64 Å². The molecule has 0 saturated carbocycles. The van der Waals surface area contributed by atoms with Gasteiger partial charge in [-0.25, -0.2) is 4.98 Å². The van der Waals surface area contributed by atoms with E-state index in [-0.39, 0.29) is 12.5 Å². The van der Waals surface area contributed by atoms with Gasteiger partial charge in [0.05, 0.1) is 36.1 Å². The lowest BCUT2D eigenvalue weighted by Gasteiger charge is -2.33. The highest BCUT2D eigenvalue weighted by Gasteiger charge is 2.23. The molecule has 29 heavy (non-hydrogen) atoms. The molecule has 0 spiro atoms. The number of aromatic nitrogens is 4. The summed E-state index contributed by atoms with van der Waals surface area (Å²) >= 11 is 0. The lowest BCUT2D eigenvalue weighted by atomic mass is 10.1. The van der Waals surface area contributed by atoms with Gasteiger partial charge in [-0.3, -0.25) is 14.5 Å². The minimum absolute atomic E-state index is 0.0540. The number of nitrogens with zero attached hydrogens (tertiary/aromatic N) is 5. The summed E-state index contributed by atoms with van der Waals surface area (Å²) in [5, 5.41) is 14.1. The Morgan fingerprint density at radius 1 is 1.24 bits per heavy atom. The quantitative estimate of drug-likeness (QED) is 0.686. The second kappa shape index (κ2) is 8.06. The maximum Gasteiger partial charge on any atom is 0.305 e. The Morgan fingerprint density at radius 2 is 2.03 bits per heavy atom. The van der Waals surface area contributed by atoms with Crippen LogP contribution in [0.15, 0.2) is 30.6 Å². The maximum absolute atomic E-state index is 10.8. The summed E-state index contributed by atoms with van der Waals surface area (Å²) in [5.74, 6) is 0.964. The summed E-state index contributed by atoms with van der Waals surface area (Å²) in [4.78, 5) is 22.1. The molecule has 0 radical (unpaired) electrons. The van der Waals surface area contributed by atoms with Gasteiger partial charge in [0, 0.05) is 37.5 Å². The number of fused-ring (bicyclic) bond motifs is 1. The molecule has 1 aromatic carbocycles. The van der Waals surface area contributed by atoms with E-state index in [9.17, 15) is 4.79 Å². The number of rotatable bonds is 6. The van der Waals surface area contributed by atoms with Gasteiger partial charge in [0.15, 0.2) is 0 Å². The number of ether oxygens (including phenoxy) is 1. The smallest absolute Gasteiger partial charge is 0.305 e. The minimum atomic E-state index is -0.827. The Hall–Kier alpha value is -3.16. The molecular weight excluding hydrogens is 370 g/mol. The van der Waals surface area contributed by atoms with Gasteiger partial charge in [-0.2, -0.15) is 5.10 Å². The van der Waals surface area contributed by atoms with E-state index in [4.69, 9.17) is 9.84 Å². The summed E-state index contributed by atoms with van der Waals surface area (Å²) in [6.45, 7) is 6.10. The molecule has 0 amide bonds. The predicted molar refractivity (Wildman–Crippen MR) is 109 cm³/mol. The summed E-state index contributed by atoms with van der Waals surface area (Å²) in [5.41, 5.74) is 2.81. The zero-order chi connectivity index (χ0) is 20.4. The van der Waals surface area contributed by atoms with E-state index in [0.29, 0.717) is 6.54 Å². The van der Waals surface area contributed by atoms with E-state index in [1.54, 1.807) is 17.1 Å². The van der Waals surface area contributed by atoms with Gasteiger partial charge in [-0.15, -0.1) is 0 Å². The van der Waals surface area contributed by atoms with Crippen molar-refractivity contribution in [2.24, 2.45) is 0 Å². The average Bonchev–Trinajstić information content (AvgIpc) is 3.11. The maximum atomic E-state index is 10.8. The second-order valence-corrected chi connectivity index (χ2v) is 7.46.